The van der Waals surface area contributed by atoms with Crippen LogP contribution in [-0.2, 0) is 0 Å². The van der Waals surface area contributed by atoms with Gasteiger partial charge in [-0.05, 0) is 25.1 Å². The van der Waals surface area contributed by atoms with Crippen LogP contribution in [0.4, 0.5) is 5.69 Å². The normalized spacial score (nSPS) is 11.5. The summed E-state index contributed by atoms with van der Waals surface area (Å²) in [5, 5.41) is 16.2. The standard InChI is InChI=1S/C14H9ClN2O3S/c1-8-14(17(18)19)10(20-16-8)6-7-12-13(15)9-4-2-3-5-11(9)21-12/h2-7H,1H3. The average molecular weight is 321 g/mol. The Morgan fingerprint density at radius 1 is 1.38 bits per heavy atom. The number of nitrogens with zero attached hydrogens (tertiary/aromatic N) is 2. The molecule has 5 nitrogen and oxygen atoms in total. The zero-order valence-corrected chi connectivity index (χ0v) is 12.4. The first-order valence-corrected chi connectivity index (χ1v) is 7.23. The molecular weight excluding hydrogens is 312 g/mol. The number of thiophene rings is 1. The summed E-state index contributed by atoms with van der Waals surface area (Å²) in [5.41, 5.74) is 0.130. The van der Waals surface area contributed by atoms with Gasteiger partial charge in [0.15, 0.2) is 5.69 Å². The Labute approximate surface area is 128 Å². The highest BCUT2D eigenvalue weighted by atomic mass is 35.5. The summed E-state index contributed by atoms with van der Waals surface area (Å²) in [7, 11) is 0. The zero-order valence-electron chi connectivity index (χ0n) is 10.9. The van der Waals surface area contributed by atoms with Gasteiger partial charge in [-0.2, -0.15) is 0 Å². The van der Waals surface area contributed by atoms with Gasteiger partial charge in [0.1, 0.15) is 0 Å². The molecule has 21 heavy (non-hydrogen) atoms. The molecule has 0 radical (unpaired) electrons. The molecule has 0 amide bonds. The summed E-state index contributed by atoms with van der Waals surface area (Å²) in [6.45, 7) is 1.53. The van der Waals surface area contributed by atoms with Crippen molar-refractivity contribution in [3.05, 3.63) is 55.7 Å². The van der Waals surface area contributed by atoms with Gasteiger partial charge in [-0.3, -0.25) is 10.1 Å². The molecule has 0 bridgehead atoms. The maximum Gasteiger partial charge on any atom is 0.338 e. The minimum Gasteiger partial charge on any atom is -0.349 e. The van der Waals surface area contributed by atoms with Crippen molar-refractivity contribution in [1.82, 2.24) is 5.16 Å². The minimum absolute atomic E-state index is 0.117. The highest BCUT2D eigenvalue weighted by molar-refractivity contribution is 7.20. The van der Waals surface area contributed by atoms with E-state index >= 15 is 0 Å². The van der Waals surface area contributed by atoms with E-state index in [1.54, 1.807) is 6.08 Å². The second-order valence-corrected chi connectivity index (χ2v) is 5.81. The van der Waals surface area contributed by atoms with Gasteiger partial charge in [0.25, 0.3) is 0 Å². The molecule has 0 aliphatic rings. The summed E-state index contributed by atoms with van der Waals surface area (Å²) in [4.78, 5) is 11.3. The molecule has 0 aliphatic carbocycles. The van der Waals surface area contributed by atoms with Crippen molar-refractivity contribution in [1.29, 1.82) is 0 Å². The predicted octanol–water partition coefficient (Wildman–Crippen LogP) is 4.93. The summed E-state index contributed by atoms with van der Waals surface area (Å²) >= 11 is 7.82. The van der Waals surface area contributed by atoms with Crippen molar-refractivity contribution in [3.63, 3.8) is 0 Å². The Balaban J connectivity index is 2.02. The van der Waals surface area contributed by atoms with Gasteiger partial charge >= 0.3 is 5.69 Å². The van der Waals surface area contributed by atoms with Crippen LogP contribution in [0.5, 0.6) is 0 Å². The Bertz CT molecular complexity index is 866. The third kappa shape index (κ3) is 2.43. The molecule has 1 aromatic carbocycles. The summed E-state index contributed by atoms with van der Waals surface area (Å²) in [5.74, 6) is 0.117. The van der Waals surface area contributed by atoms with Crippen LogP contribution in [0.25, 0.3) is 22.2 Å². The third-order valence-electron chi connectivity index (χ3n) is 2.99. The lowest BCUT2D eigenvalue weighted by Crippen LogP contribution is -1.89. The molecule has 0 unspecified atom stereocenters. The van der Waals surface area contributed by atoms with Gasteiger partial charge in [0.05, 0.1) is 9.95 Å². The molecule has 0 saturated heterocycles. The summed E-state index contributed by atoms with van der Waals surface area (Å²) in [6, 6.07) is 7.77. The second kappa shape index (κ2) is 5.31. The molecule has 106 valence electrons. The first-order chi connectivity index (χ1) is 10.1. The van der Waals surface area contributed by atoms with Crippen molar-refractivity contribution in [2.45, 2.75) is 6.92 Å². The van der Waals surface area contributed by atoms with Crippen LogP contribution in [0.1, 0.15) is 16.3 Å². The lowest BCUT2D eigenvalue weighted by molar-refractivity contribution is -0.386. The van der Waals surface area contributed by atoms with Crippen molar-refractivity contribution in [2.75, 3.05) is 0 Å². The Kier molecular flexibility index (Phi) is 3.48. The lowest BCUT2D eigenvalue weighted by Gasteiger charge is -1.89. The first kappa shape index (κ1) is 13.8. The molecular formula is C14H9ClN2O3S. The monoisotopic (exact) mass is 320 g/mol. The number of aromatic nitrogens is 1. The van der Waals surface area contributed by atoms with Crippen molar-refractivity contribution in [3.8, 4) is 0 Å². The molecule has 3 aromatic rings. The number of halogens is 1. The Morgan fingerprint density at radius 2 is 2.14 bits per heavy atom. The zero-order chi connectivity index (χ0) is 15.0. The number of aryl methyl sites for hydroxylation is 1. The van der Waals surface area contributed by atoms with E-state index in [2.05, 4.69) is 5.16 Å². The van der Waals surface area contributed by atoms with Crippen LogP contribution < -0.4 is 0 Å². The van der Waals surface area contributed by atoms with Crippen molar-refractivity contribution < 1.29 is 9.45 Å². The Hall–Kier alpha value is -2.18. The largest absolute Gasteiger partial charge is 0.349 e. The van der Waals surface area contributed by atoms with E-state index in [-0.39, 0.29) is 17.1 Å². The molecule has 0 atom stereocenters. The highest BCUT2D eigenvalue weighted by Crippen LogP contribution is 2.36. The molecule has 2 heterocycles. The van der Waals surface area contributed by atoms with E-state index < -0.39 is 4.92 Å². The van der Waals surface area contributed by atoms with E-state index in [0.717, 1.165) is 15.0 Å². The number of nitro groups is 1. The third-order valence-corrected chi connectivity index (χ3v) is 4.64. The van der Waals surface area contributed by atoms with E-state index in [4.69, 9.17) is 16.1 Å². The quantitative estimate of drug-likeness (QED) is 0.507. The van der Waals surface area contributed by atoms with Crippen LogP contribution in [0.2, 0.25) is 5.02 Å². The fraction of sp³-hybridized carbons (Fsp3) is 0.0714. The Morgan fingerprint density at radius 3 is 2.86 bits per heavy atom. The molecule has 0 spiro atoms. The number of rotatable bonds is 3. The SMILES string of the molecule is Cc1noc(C=Cc2sc3ccccc3c2Cl)c1[N+](=O)[O-]. The van der Waals surface area contributed by atoms with Crippen LogP contribution in [0.15, 0.2) is 28.8 Å². The van der Waals surface area contributed by atoms with E-state index in [9.17, 15) is 10.1 Å². The van der Waals surface area contributed by atoms with E-state index in [0.29, 0.717) is 5.02 Å². The van der Waals surface area contributed by atoms with Crippen molar-refractivity contribution >= 4 is 50.9 Å². The molecule has 7 heteroatoms. The first-order valence-electron chi connectivity index (χ1n) is 6.03. The minimum atomic E-state index is -0.502. The molecule has 0 N–H and O–H groups in total. The van der Waals surface area contributed by atoms with Crippen LogP contribution >= 0.6 is 22.9 Å². The topological polar surface area (TPSA) is 69.2 Å². The molecule has 0 fully saturated rings. The second-order valence-electron chi connectivity index (χ2n) is 4.35. The van der Waals surface area contributed by atoms with E-state index in [1.807, 2.05) is 24.3 Å². The lowest BCUT2D eigenvalue weighted by atomic mass is 10.2. The van der Waals surface area contributed by atoms with Gasteiger partial charge in [-0.15, -0.1) is 11.3 Å². The fourth-order valence-electron chi connectivity index (χ4n) is 2.01. The highest BCUT2D eigenvalue weighted by Gasteiger charge is 2.22. The predicted molar refractivity (Wildman–Crippen MR) is 83.7 cm³/mol. The van der Waals surface area contributed by atoms with E-state index in [1.165, 1.54) is 24.3 Å². The average Bonchev–Trinajstić information content (AvgIpc) is 2.98. The van der Waals surface area contributed by atoms with Crippen molar-refractivity contribution in [2.24, 2.45) is 0 Å². The maximum atomic E-state index is 11.0. The maximum absolute atomic E-state index is 11.0. The van der Waals surface area contributed by atoms with Gasteiger partial charge < -0.3 is 4.52 Å². The molecule has 0 aliphatic heterocycles. The molecule has 2 aromatic heterocycles. The molecule has 3 rings (SSSR count). The van der Waals surface area contributed by atoms with Crippen LogP contribution in [-0.4, -0.2) is 10.1 Å². The number of hydrogen-bond acceptors (Lipinski definition) is 5. The van der Waals surface area contributed by atoms with Gasteiger partial charge in [-0.25, -0.2) is 0 Å². The number of hydrogen-bond donors (Lipinski definition) is 0. The van der Waals surface area contributed by atoms with Gasteiger partial charge in [-0.1, -0.05) is 35.0 Å². The van der Waals surface area contributed by atoms with Crippen LogP contribution in [0, 0.1) is 17.0 Å². The van der Waals surface area contributed by atoms with Crippen LogP contribution in [0.3, 0.4) is 0 Å². The summed E-state index contributed by atoms with van der Waals surface area (Å²) in [6.07, 6.45) is 3.23. The fourth-order valence-corrected chi connectivity index (χ4v) is 3.40. The number of fused-ring (bicyclic) bond motifs is 1. The number of benzene rings is 1. The molecule has 0 saturated carbocycles. The summed E-state index contributed by atoms with van der Waals surface area (Å²) < 4.78 is 6.04. The van der Waals surface area contributed by atoms with Gasteiger partial charge in [0.2, 0.25) is 5.76 Å². The smallest absolute Gasteiger partial charge is 0.338 e. The van der Waals surface area contributed by atoms with Gasteiger partial charge in [0, 0.05) is 15.0 Å².